The molecule has 0 amide bonds. The van der Waals surface area contributed by atoms with Crippen molar-refractivity contribution in [2.75, 3.05) is 0 Å². The van der Waals surface area contributed by atoms with Gasteiger partial charge in [0, 0.05) is 15.9 Å². The Kier molecular flexibility index (Phi) is 5.59. The Morgan fingerprint density at radius 2 is 1.62 bits per heavy atom. The molecule has 0 atom stereocenters. The summed E-state index contributed by atoms with van der Waals surface area (Å²) in [4.78, 5) is 0. The summed E-state index contributed by atoms with van der Waals surface area (Å²) < 4.78 is 5.98. The van der Waals surface area contributed by atoms with Gasteiger partial charge in [-0.1, -0.05) is 56.8 Å². The van der Waals surface area contributed by atoms with Crippen molar-refractivity contribution in [2.45, 2.75) is 32.7 Å². The van der Waals surface area contributed by atoms with Crippen LogP contribution in [0.5, 0.6) is 5.75 Å². The molecule has 0 bridgehead atoms. The number of hydrogen-bond donors (Lipinski definition) is 0. The van der Waals surface area contributed by atoms with Gasteiger partial charge in [0.15, 0.2) is 0 Å². The highest BCUT2D eigenvalue weighted by Gasteiger charge is 2.12. The minimum atomic E-state index is 0.499. The quantitative estimate of drug-likeness (QED) is 0.552. The Hall–Kier alpha value is -0.700. The Balaban J connectivity index is 2.29. The molecule has 2 aromatic rings. The number of hydrogen-bond acceptors (Lipinski definition) is 1. The maximum atomic E-state index is 6.25. The van der Waals surface area contributed by atoms with Crippen LogP contribution in [0.15, 0.2) is 24.3 Å². The molecule has 0 fully saturated rings. The lowest BCUT2D eigenvalue weighted by atomic mass is 10.0. The zero-order valence-electron chi connectivity index (χ0n) is 12.3. The second kappa shape index (κ2) is 7.04. The van der Waals surface area contributed by atoms with Crippen molar-refractivity contribution in [3.8, 4) is 5.75 Å². The van der Waals surface area contributed by atoms with Gasteiger partial charge in [-0.2, -0.15) is 0 Å². The molecule has 0 aliphatic carbocycles. The van der Waals surface area contributed by atoms with E-state index < -0.39 is 0 Å². The zero-order valence-corrected chi connectivity index (χ0v) is 15.4. The van der Waals surface area contributed by atoms with E-state index in [2.05, 4.69) is 48.8 Å². The van der Waals surface area contributed by atoms with E-state index in [9.17, 15) is 0 Å². The lowest BCUT2D eigenvalue weighted by Gasteiger charge is -2.16. The topological polar surface area (TPSA) is 9.23 Å². The average molecular weight is 388 g/mol. The van der Waals surface area contributed by atoms with E-state index in [4.69, 9.17) is 27.9 Å². The van der Waals surface area contributed by atoms with Crippen LogP contribution in [-0.2, 0) is 11.9 Å². The third-order valence-corrected chi connectivity index (χ3v) is 4.53. The molecule has 0 N–H and O–H groups in total. The predicted molar refractivity (Wildman–Crippen MR) is 94.1 cm³/mol. The van der Waals surface area contributed by atoms with E-state index in [0.29, 0.717) is 27.7 Å². The highest BCUT2D eigenvalue weighted by molar-refractivity contribution is 9.08. The SMILES string of the molecule is Cc1cc(C)c(COc2c(Cl)cc(Cl)cc2CBr)c(C)c1. The van der Waals surface area contributed by atoms with Crippen LogP contribution < -0.4 is 4.74 Å². The first-order valence-electron chi connectivity index (χ1n) is 6.65. The Morgan fingerprint density at radius 3 is 2.19 bits per heavy atom. The molecule has 0 aliphatic heterocycles. The minimum Gasteiger partial charge on any atom is -0.487 e. The van der Waals surface area contributed by atoms with Crippen molar-refractivity contribution in [3.63, 3.8) is 0 Å². The molecule has 0 heterocycles. The molecule has 2 rings (SSSR count). The van der Waals surface area contributed by atoms with Crippen LogP contribution in [0.2, 0.25) is 10.0 Å². The van der Waals surface area contributed by atoms with Crippen LogP contribution in [0.4, 0.5) is 0 Å². The first kappa shape index (κ1) is 16.7. The molecule has 1 nitrogen and oxygen atoms in total. The third-order valence-electron chi connectivity index (χ3n) is 3.43. The fraction of sp³-hybridized carbons (Fsp3) is 0.294. The van der Waals surface area contributed by atoms with E-state index >= 15 is 0 Å². The van der Waals surface area contributed by atoms with Crippen LogP contribution in [-0.4, -0.2) is 0 Å². The molecule has 0 unspecified atom stereocenters. The van der Waals surface area contributed by atoms with Gasteiger partial charge in [0.2, 0.25) is 0 Å². The van der Waals surface area contributed by atoms with Gasteiger partial charge >= 0.3 is 0 Å². The fourth-order valence-corrected chi connectivity index (χ4v) is 3.46. The van der Waals surface area contributed by atoms with Gasteiger partial charge in [0.25, 0.3) is 0 Å². The highest BCUT2D eigenvalue weighted by Crippen LogP contribution is 2.34. The van der Waals surface area contributed by atoms with Gasteiger partial charge in [-0.15, -0.1) is 0 Å². The molecule has 0 aromatic heterocycles. The van der Waals surface area contributed by atoms with Crippen LogP contribution in [0.3, 0.4) is 0 Å². The number of benzene rings is 2. The summed E-state index contributed by atoms with van der Waals surface area (Å²) in [6.45, 7) is 6.81. The summed E-state index contributed by atoms with van der Waals surface area (Å²) in [6, 6.07) is 7.91. The maximum Gasteiger partial charge on any atom is 0.142 e. The molecule has 0 spiro atoms. The molecule has 0 saturated heterocycles. The number of halogens is 3. The summed E-state index contributed by atoms with van der Waals surface area (Å²) >= 11 is 15.7. The van der Waals surface area contributed by atoms with Crippen molar-refractivity contribution in [1.82, 2.24) is 0 Å². The standard InChI is InChI=1S/C17H17BrCl2O/c1-10-4-11(2)15(12(3)5-10)9-21-17-13(8-18)6-14(19)7-16(17)20/h4-7H,8-9H2,1-3H3. The highest BCUT2D eigenvalue weighted by atomic mass is 79.9. The molecule has 112 valence electrons. The number of alkyl halides is 1. The van der Waals surface area contributed by atoms with Gasteiger partial charge in [0.1, 0.15) is 12.4 Å². The molecular formula is C17H17BrCl2O. The van der Waals surface area contributed by atoms with Crippen molar-refractivity contribution < 1.29 is 4.74 Å². The largest absolute Gasteiger partial charge is 0.487 e. The summed E-state index contributed by atoms with van der Waals surface area (Å²) in [5, 5.41) is 1.80. The predicted octanol–water partition coefficient (Wildman–Crippen LogP) is 6.39. The zero-order chi connectivity index (χ0) is 15.6. The van der Waals surface area contributed by atoms with E-state index in [-0.39, 0.29) is 0 Å². The number of aryl methyl sites for hydroxylation is 3. The molecule has 21 heavy (non-hydrogen) atoms. The summed E-state index contributed by atoms with van der Waals surface area (Å²) in [5.41, 5.74) is 5.89. The fourth-order valence-electron chi connectivity index (χ4n) is 2.46. The van der Waals surface area contributed by atoms with Gasteiger partial charge in [0.05, 0.1) is 5.02 Å². The molecule has 0 radical (unpaired) electrons. The first-order valence-corrected chi connectivity index (χ1v) is 8.53. The molecule has 0 aliphatic rings. The minimum absolute atomic E-state index is 0.499. The number of ether oxygens (including phenoxy) is 1. The molecular weight excluding hydrogens is 371 g/mol. The Labute approximate surface area is 144 Å². The summed E-state index contributed by atoms with van der Waals surface area (Å²) in [7, 11) is 0. The maximum absolute atomic E-state index is 6.25. The lowest BCUT2D eigenvalue weighted by molar-refractivity contribution is 0.302. The summed E-state index contributed by atoms with van der Waals surface area (Å²) in [6.07, 6.45) is 0. The van der Waals surface area contributed by atoms with E-state index in [0.717, 1.165) is 5.56 Å². The van der Waals surface area contributed by atoms with Gasteiger partial charge < -0.3 is 4.74 Å². The molecule has 4 heteroatoms. The molecule has 2 aromatic carbocycles. The average Bonchev–Trinajstić information content (AvgIpc) is 2.38. The van der Waals surface area contributed by atoms with Crippen LogP contribution >= 0.6 is 39.1 Å². The molecule has 0 saturated carbocycles. The Morgan fingerprint density at radius 1 is 1.00 bits per heavy atom. The van der Waals surface area contributed by atoms with Crippen LogP contribution in [0.25, 0.3) is 0 Å². The van der Waals surface area contributed by atoms with E-state index in [1.165, 1.54) is 22.3 Å². The van der Waals surface area contributed by atoms with Gasteiger partial charge in [-0.25, -0.2) is 0 Å². The normalized spacial score (nSPS) is 10.8. The van der Waals surface area contributed by atoms with Crippen LogP contribution in [0, 0.1) is 20.8 Å². The lowest BCUT2D eigenvalue weighted by Crippen LogP contribution is -2.03. The second-order valence-electron chi connectivity index (χ2n) is 5.18. The van der Waals surface area contributed by atoms with Gasteiger partial charge in [-0.3, -0.25) is 0 Å². The Bertz CT molecular complexity index is 645. The van der Waals surface area contributed by atoms with Crippen molar-refractivity contribution in [2.24, 2.45) is 0 Å². The van der Waals surface area contributed by atoms with E-state index in [1.54, 1.807) is 6.07 Å². The second-order valence-corrected chi connectivity index (χ2v) is 6.58. The van der Waals surface area contributed by atoms with Crippen molar-refractivity contribution in [3.05, 3.63) is 62.1 Å². The van der Waals surface area contributed by atoms with Crippen molar-refractivity contribution in [1.29, 1.82) is 0 Å². The smallest absolute Gasteiger partial charge is 0.142 e. The number of rotatable bonds is 4. The van der Waals surface area contributed by atoms with Crippen molar-refractivity contribution >= 4 is 39.1 Å². The monoisotopic (exact) mass is 386 g/mol. The van der Waals surface area contributed by atoms with E-state index in [1.807, 2.05) is 6.07 Å². The first-order chi connectivity index (χ1) is 9.92. The van der Waals surface area contributed by atoms with Crippen LogP contribution in [0.1, 0.15) is 27.8 Å². The summed E-state index contributed by atoms with van der Waals surface area (Å²) in [5.74, 6) is 0.692. The van der Waals surface area contributed by atoms with Gasteiger partial charge in [-0.05, 0) is 49.6 Å². The third kappa shape index (κ3) is 3.94.